The normalized spacial score (nSPS) is 16.5. The maximum absolute atomic E-state index is 14.2. The van der Waals surface area contributed by atoms with Crippen molar-refractivity contribution in [1.82, 2.24) is 5.32 Å². The van der Waals surface area contributed by atoms with Crippen LogP contribution in [0.25, 0.3) is 23.4 Å². The number of halogens is 1. The number of piperidine rings is 1. The molecule has 4 nitrogen and oxygen atoms in total. The molecule has 2 aromatic carbocycles. The number of aliphatic hydroxyl groups is 1. The number of hydrogen-bond donors (Lipinski definition) is 4. The van der Waals surface area contributed by atoms with Crippen LogP contribution < -0.4 is 26.8 Å². The van der Waals surface area contributed by atoms with Gasteiger partial charge in [0, 0.05) is 28.7 Å². The number of aliphatic hydroxyl groups excluding tert-OH is 1. The highest BCUT2D eigenvalue weighted by Crippen LogP contribution is 2.23. The third kappa shape index (κ3) is 4.38. The Morgan fingerprint density at radius 1 is 1.22 bits per heavy atom. The minimum atomic E-state index is -0.411. The van der Waals surface area contributed by atoms with Crippen LogP contribution in [0.15, 0.2) is 43.0 Å². The van der Waals surface area contributed by atoms with Gasteiger partial charge in [-0.2, -0.15) is 0 Å². The summed E-state index contributed by atoms with van der Waals surface area (Å²) < 4.78 is 14.2. The van der Waals surface area contributed by atoms with Crippen molar-refractivity contribution in [2.75, 3.05) is 18.4 Å². The van der Waals surface area contributed by atoms with Gasteiger partial charge < -0.3 is 21.5 Å². The second-order valence-electron chi connectivity index (χ2n) is 6.73. The van der Waals surface area contributed by atoms with Gasteiger partial charge in [0.1, 0.15) is 5.82 Å². The fourth-order valence-corrected chi connectivity index (χ4v) is 3.45. The number of allylic oxidation sites excluding steroid dienone is 1. The summed E-state index contributed by atoms with van der Waals surface area (Å²) >= 11 is 0. The predicted molar refractivity (Wildman–Crippen MR) is 110 cm³/mol. The van der Waals surface area contributed by atoms with E-state index >= 15 is 0 Å². The number of rotatable bonds is 5. The molecule has 1 saturated heterocycles. The molecule has 27 heavy (non-hydrogen) atoms. The van der Waals surface area contributed by atoms with Crippen LogP contribution in [-0.4, -0.2) is 24.2 Å². The van der Waals surface area contributed by atoms with Crippen molar-refractivity contribution >= 4 is 18.0 Å². The molecule has 0 bridgehead atoms. The minimum absolute atomic E-state index is 0.289. The summed E-state index contributed by atoms with van der Waals surface area (Å²) in [5, 5.41) is 18.0. The van der Waals surface area contributed by atoms with Gasteiger partial charge in [-0.15, -0.1) is 0 Å². The summed E-state index contributed by atoms with van der Waals surface area (Å²) in [6.07, 6.45) is 7.28. The Bertz CT molecular complexity index is 933. The number of anilines is 1. The quantitative estimate of drug-likeness (QED) is 0.651. The maximum atomic E-state index is 14.2. The molecule has 3 rings (SSSR count). The molecule has 2 aromatic rings. The molecule has 5 heteroatoms. The van der Waals surface area contributed by atoms with E-state index in [0.717, 1.165) is 53.2 Å². The third-order valence-electron chi connectivity index (χ3n) is 4.93. The van der Waals surface area contributed by atoms with Gasteiger partial charge in [-0.3, -0.25) is 0 Å². The molecule has 0 amide bonds. The second kappa shape index (κ2) is 8.84. The van der Waals surface area contributed by atoms with Crippen LogP contribution in [0.5, 0.6) is 0 Å². The minimum Gasteiger partial charge on any atom is -0.404 e. The number of benzene rings is 2. The second-order valence-corrected chi connectivity index (χ2v) is 6.73. The molecule has 0 saturated carbocycles. The van der Waals surface area contributed by atoms with E-state index in [2.05, 4.69) is 17.2 Å². The molecule has 1 aliphatic heterocycles. The van der Waals surface area contributed by atoms with Crippen molar-refractivity contribution in [3.8, 4) is 11.1 Å². The van der Waals surface area contributed by atoms with Gasteiger partial charge in [-0.05, 0) is 60.5 Å². The highest BCUT2D eigenvalue weighted by molar-refractivity contribution is 5.70. The van der Waals surface area contributed by atoms with Crippen molar-refractivity contribution in [1.29, 1.82) is 0 Å². The molecule has 1 heterocycles. The lowest BCUT2D eigenvalue weighted by Crippen LogP contribution is -2.38. The summed E-state index contributed by atoms with van der Waals surface area (Å²) in [5.41, 5.74) is 8.77. The van der Waals surface area contributed by atoms with Gasteiger partial charge in [-0.25, -0.2) is 4.39 Å². The van der Waals surface area contributed by atoms with E-state index in [-0.39, 0.29) is 12.2 Å². The van der Waals surface area contributed by atoms with Crippen LogP contribution >= 0.6 is 0 Å². The Balaban J connectivity index is 2.10. The van der Waals surface area contributed by atoms with Crippen molar-refractivity contribution < 1.29 is 9.50 Å². The van der Waals surface area contributed by atoms with Gasteiger partial charge in [-0.1, -0.05) is 30.9 Å². The van der Waals surface area contributed by atoms with Crippen LogP contribution in [0.1, 0.15) is 18.4 Å². The zero-order chi connectivity index (χ0) is 19.2. The smallest absolute Gasteiger partial charge is 0.129 e. The summed E-state index contributed by atoms with van der Waals surface area (Å²) in [6.45, 7) is 5.44. The Hall–Kier alpha value is -2.63. The lowest BCUT2D eigenvalue weighted by atomic mass is 9.99. The summed E-state index contributed by atoms with van der Waals surface area (Å²) in [6, 6.07) is 9.24. The Kier molecular flexibility index (Phi) is 6.27. The monoisotopic (exact) mass is 367 g/mol. The lowest BCUT2D eigenvalue weighted by Gasteiger charge is -2.25. The van der Waals surface area contributed by atoms with Gasteiger partial charge in [0.25, 0.3) is 0 Å². The van der Waals surface area contributed by atoms with E-state index in [1.54, 1.807) is 18.3 Å². The van der Waals surface area contributed by atoms with Crippen molar-refractivity contribution in [2.24, 2.45) is 5.73 Å². The SMILES string of the molecule is C=C/C=c1/cc(-c2ccc(CO)c(F)c2)cc(NC2CCNCC2)/c1=C/N. The molecule has 142 valence electrons. The fraction of sp³-hybridized carbons (Fsp3) is 0.273. The van der Waals surface area contributed by atoms with Gasteiger partial charge in [0.05, 0.1) is 6.61 Å². The molecule has 5 N–H and O–H groups in total. The van der Waals surface area contributed by atoms with E-state index in [9.17, 15) is 9.50 Å². The third-order valence-corrected chi connectivity index (χ3v) is 4.93. The number of nitrogens with two attached hydrogens (primary N) is 1. The number of nitrogens with one attached hydrogen (secondary N) is 2. The van der Waals surface area contributed by atoms with Crippen molar-refractivity contribution in [3.05, 3.63) is 64.8 Å². The highest BCUT2D eigenvalue weighted by atomic mass is 19.1. The van der Waals surface area contributed by atoms with Gasteiger partial charge >= 0.3 is 0 Å². The van der Waals surface area contributed by atoms with Crippen molar-refractivity contribution in [3.63, 3.8) is 0 Å². The largest absolute Gasteiger partial charge is 0.404 e. The van der Waals surface area contributed by atoms with E-state index < -0.39 is 5.82 Å². The molecule has 0 radical (unpaired) electrons. The Morgan fingerprint density at radius 3 is 2.63 bits per heavy atom. The van der Waals surface area contributed by atoms with E-state index in [1.807, 2.05) is 24.3 Å². The fourth-order valence-electron chi connectivity index (χ4n) is 3.45. The first-order chi connectivity index (χ1) is 13.2. The molecular formula is C22H26FN3O. The van der Waals surface area contributed by atoms with Crippen LogP contribution in [0, 0.1) is 5.82 Å². The molecule has 0 aliphatic carbocycles. The van der Waals surface area contributed by atoms with Gasteiger partial charge in [0.2, 0.25) is 0 Å². The van der Waals surface area contributed by atoms with E-state index in [0.29, 0.717) is 6.04 Å². The molecule has 1 aliphatic rings. The first-order valence-corrected chi connectivity index (χ1v) is 9.22. The average molecular weight is 367 g/mol. The standard InChI is InChI=1S/C22H26FN3O/c1-2-3-16-10-18(15-4-5-17(14-27)21(23)11-15)12-22(20(16)13-24)26-19-6-8-25-9-7-19/h2-5,10-13,19,25-27H,1,6-9,14,24H2/b16-3-,20-13+. The summed E-state index contributed by atoms with van der Waals surface area (Å²) in [5.74, 6) is -0.411. The summed E-state index contributed by atoms with van der Waals surface area (Å²) in [4.78, 5) is 0. The average Bonchev–Trinajstić information content (AvgIpc) is 2.69. The van der Waals surface area contributed by atoms with Crippen molar-refractivity contribution in [2.45, 2.75) is 25.5 Å². The Morgan fingerprint density at radius 2 is 2.00 bits per heavy atom. The summed E-state index contributed by atoms with van der Waals surface area (Å²) in [7, 11) is 0. The first-order valence-electron chi connectivity index (χ1n) is 9.22. The van der Waals surface area contributed by atoms with Crippen LogP contribution in [0.3, 0.4) is 0 Å². The van der Waals surface area contributed by atoms with Crippen LogP contribution in [-0.2, 0) is 6.61 Å². The molecule has 0 unspecified atom stereocenters. The lowest BCUT2D eigenvalue weighted by molar-refractivity contribution is 0.276. The first kappa shape index (κ1) is 19.1. The molecule has 0 aromatic heterocycles. The van der Waals surface area contributed by atoms with Gasteiger partial charge in [0.15, 0.2) is 0 Å². The maximum Gasteiger partial charge on any atom is 0.129 e. The molecule has 1 fully saturated rings. The zero-order valence-corrected chi connectivity index (χ0v) is 15.3. The van der Waals surface area contributed by atoms with Crippen LogP contribution in [0.2, 0.25) is 0 Å². The molecule has 0 atom stereocenters. The van der Waals surface area contributed by atoms with E-state index in [1.165, 1.54) is 6.07 Å². The van der Waals surface area contributed by atoms with E-state index in [4.69, 9.17) is 5.73 Å². The topological polar surface area (TPSA) is 70.3 Å². The van der Waals surface area contributed by atoms with Crippen LogP contribution in [0.4, 0.5) is 10.1 Å². The molecular weight excluding hydrogens is 341 g/mol. The molecule has 0 spiro atoms. The Labute approximate surface area is 158 Å². The number of hydrogen-bond acceptors (Lipinski definition) is 4. The highest BCUT2D eigenvalue weighted by Gasteiger charge is 2.14. The predicted octanol–water partition coefficient (Wildman–Crippen LogP) is 1.81. The zero-order valence-electron chi connectivity index (χ0n) is 15.3.